The maximum atomic E-state index is 14.3. The molecule has 64 heavy (non-hydrogen) atoms. The minimum atomic E-state index is -2.07. The normalized spacial score (nSPS) is 32.1. The molecule has 4 aromatic rings. The van der Waals surface area contributed by atoms with E-state index in [2.05, 4.69) is 0 Å². The van der Waals surface area contributed by atoms with Crippen LogP contribution in [-0.2, 0) is 28.5 Å². The predicted octanol–water partition coefficient (Wildman–Crippen LogP) is -1.90. The topological polar surface area (TPSA) is 375 Å². The molecule has 14 unspecified atom stereocenters. The average Bonchev–Trinajstić information content (AvgIpc) is 3.26. The van der Waals surface area contributed by atoms with E-state index in [0.717, 1.165) is 36.4 Å². The first-order valence-corrected chi connectivity index (χ1v) is 19.4. The molecule has 3 saturated heterocycles. The van der Waals surface area contributed by atoms with Crippen LogP contribution in [0.2, 0.25) is 0 Å². The highest BCUT2D eigenvalue weighted by molar-refractivity contribution is 5.89. The zero-order chi connectivity index (χ0) is 46.3. The van der Waals surface area contributed by atoms with Gasteiger partial charge in [0.15, 0.2) is 41.2 Å². The summed E-state index contributed by atoms with van der Waals surface area (Å²) in [4.78, 5) is 26.8. The van der Waals surface area contributed by atoms with Crippen molar-refractivity contribution in [1.29, 1.82) is 0 Å². The van der Waals surface area contributed by atoms with Crippen molar-refractivity contribution in [1.82, 2.24) is 0 Å². The molecule has 7 rings (SSSR count). The number of phenolic OH excluding ortho intramolecular Hbond substituents is 5. The lowest BCUT2D eigenvalue weighted by Gasteiger charge is -2.44. The predicted molar refractivity (Wildman–Crippen MR) is 210 cm³/mol. The highest BCUT2D eigenvalue weighted by Crippen LogP contribution is 2.40. The molecule has 4 heterocycles. The summed E-state index contributed by atoms with van der Waals surface area (Å²) in [5, 5.41) is 135. The van der Waals surface area contributed by atoms with Crippen molar-refractivity contribution < 1.29 is 109 Å². The minimum Gasteiger partial charge on any atom is -0.507 e. The highest BCUT2D eigenvalue weighted by Gasteiger charge is 2.50. The van der Waals surface area contributed by atoms with Gasteiger partial charge < -0.3 is 104 Å². The van der Waals surface area contributed by atoms with E-state index < -0.39 is 162 Å². The zero-order valence-corrected chi connectivity index (χ0v) is 33.2. The fourth-order valence-electron chi connectivity index (χ4n) is 7.00. The summed E-state index contributed by atoms with van der Waals surface area (Å²) in [6.07, 6.45) is -22.3. The maximum Gasteiger partial charge on any atom is 0.330 e. The van der Waals surface area contributed by atoms with Crippen LogP contribution in [0.5, 0.6) is 40.2 Å². The molecule has 0 spiro atoms. The fraction of sp³-hybridized carbons (Fsp3) is 0.415. The number of carbonyl (C=O) groups is 1. The van der Waals surface area contributed by atoms with Gasteiger partial charge in [0.25, 0.3) is 0 Å². The molecule has 23 heteroatoms. The molecule has 14 atom stereocenters. The van der Waals surface area contributed by atoms with Crippen molar-refractivity contribution in [3.63, 3.8) is 0 Å². The van der Waals surface area contributed by atoms with Crippen molar-refractivity contribution in [2.45, 2.75) is 92.9 Å². The van der Waals surface area contributed by atoms with Gasteiger partial charge >= 0.3 is 5.97 Å². The number of hydrogen-bond donors (Lipinski definition) is 13. The van der Waals surface area contributed by atoms with Gasteiger partial charge in [0, 0.05) is 23.8 Å². The number of phenols is 5. The van der Waals surface area contributed by atoms with Crippen LogP contribution in [0.25, 0.3) is 28.4 Å². The molecule has 0 bridgehead atoms. The molecule has 23 nitrogen and oxygen atoms in total. The Balaban J connectivity index is 1.16. The van der Waals surface area contributed by atoms with Crippen LogP contribution >= 0.6 is 0 Å². The van der Waals surface area contributed by atoms with E-state index in [4.69, 9.17) is 37.6 Å². The largest absolute Gasteiger partial charge is 0.507 e. The number of aromatic hydroxyl groups is 5. The standard InChI is InChI=1S/C41H44O23/c1-14-28(49)32(53)34(55)39(59-14)60-17-10-22(46)27-24(11-17)61-36(16-4-6-19(43)21(45)9-16)37(31(27)52)63-41-38(29(50)23(47)12-58-41)64-40-35(56)33(54)30(51)25(62-40)13-57-26(48)7-3-15-2-5-18(42)20(44)8-15/h2-11,14,23,25,28-30,32-35,38-47,49-51,53-56H,12-13H2,1H3. The number of benzene rings is 3. The van der Waals surface area contributed by atoms with Gasteiger partial charge in [0.2, 0.25) is 23.8 Å². The van der Waals surface area contributed by atoms with Gasteiger partial charge in [-0.15, -0.1) is 0 Å². The second kappa shape index (κ2) is 18.7. The van der Waals surface area contributed by atoms with Gasteiger partial charge in [-0.25, -0.2) is 4.79 Å². The molecule has 3 fully saturated rings. The summed E-state index contributed by atoms with van der Waals surface area (Å²) in [5.74, 6) is -5.41. The van der Waals surface area contributed by atoms with Crippen molar-refractivity contribution in [3.8, 4) is 51.6 Å². The van der Waals surface area contributed by atoms with E-state index in [1.165, 1.54) is 31.2 Å². The molecule has 3 aliphatic rings. The Hall–Kier alpha value is -5.80. The molecule has 3 aliphatic heterocycles. The van der Waals surface area contributed by atoms with E-state index in [1.807, 2.05) is 0 Å². The Morgan fingerprint density at radius 2 is 1.38 bits per heavy atom. The summed E-state index contributed by atoms with van der Waals surface area (Å²) >= 11 is 0. The second-order valence-electron chi connectivity index (χ2n) is 15.1. The molecule has 346 valence electrons. The van der Waals surface area contributed by atoms with Gasteiger partial charge in [0.05, 0.1) is 12.7 Å². The van der Waals surface area contributed by atoms with E-state index in [-0.39, 0.29) is 11.3 Å². The molecular formula is C41H44O23. The van der Waals surface area contributed by atoms with E-state index in [9.17, 15) is 76.0 Å². The summed E-state index contributed by atoms with van der Waals surface area (Å²) in [7, 11) is 0. The number of hydrogen-bond acceptors (Lipinski definition) is 23. The quantitative estimate of drug-likeness (QED) is 0.0444. The fourth-order valence-corrected chi connectivity index (χ4v) is 7.00. The highest BCUT2D eigenvalue weighted by atomic mass is 16.8. The molecule has 0 amide bonds. The summed E-state index contributed by atoms with van der Waals surface area (Å²) in [6, 6.07) is 8.96. The average molecular weight is 905 g/mol. The minimum absolute atomic E-state index is 0.127. The van der Waals surface area contributed by atoms with Gasteiger partial charge in [-0.3, -0.25) is 4.79 Å². The van der Waals surface area contributed by atoms with Crippen LogP contribution in [0, 0.1) is 0 Å². The van der Waals surface area contributed by atoms with E-state index >= 15 is 0 Å². The third-order valence-corrected chi connectivity index (χ3v) is 10.6. The van der Waals surface area contributed by atoms with Crippen LogP contribution in [0.1, 0.15) is 12.5 Å². The van der Waals surface area contributed by atoms with Crippen LogP contribution in [0.15, 0.2) is 63.8 Å². The molecule has 0 aliphatic carbocycles. The number of rotatable bonds is 11. The van der Waals surface area contributed by atoms with Gasteiger partial charge in [-0.05, 0) is 48.9 Å². The molecule has 13 N–H and O–H groups in total. The van der Waals surface area contributed by atoms with Gasteiger partial charge in [-0.2, -0.15) is 0 Å². The Kier molecular flexibility index (Phi) is 13.5. The van der Waals surface area contributed by atoms with E-state index in [0.29, 0.717) is 5.56 Å². The summed E-state index contributed by atoms with van der Waals surface area (Å²) < 4.78 is 45.3. The monoisotopic (exact) mass is 904 g/mol. The number of esters is 1. The Bertz CT molecular complexity index is 2420. The van der Waals surface area contributed by atoms with Gasteiger partial charge in [-0.1, -0.05) is 6.07 Å². The number of fused-ring (bicyclic) bond motifs is 1. The molecule has 3 aromatic carbocycles. The van der Waals surface area contributed by atoms with Crippen molar-refractivity contribution in [2.75, 3.05) is 13.2 Å². The summed E-state index contributed by atoms with van der Waals surface area (Å²) in [5.41, 5.74) is -1.34. The lowest BCUT2D eigenvalue weighted by molar-refractivity contribution is -0.348. The Labute approximate surface area is 359 Å². The zero-order valence-electron chi connectivity index (χ0n) is 33.2. The lowest BCUT2D eigenvalue weighted by Crippen LogP contribution is -2.63. The third kappa shape index (κ3) is 9.37. The molecule has 0 saturated carbocycles. The van der Waals surface area contributed by atoms with Crippen LogP contribution in [-0.4, -0.2) is 172 Å². The van der Waals surface area contributed by atoms with Gasteiger partial charge in [0.1, 0.15) is 84.0 Å². The summed E-state index contributed by atoms with van der Waals surface area (Å²) in [6.45, 7) is 0.0258. The number of carbonyl (C=O) groups excluding carboxylic acids is 1. The third-order valence-electron chi connectivity index (χ3n) is 10.6. The molecular weight excluding hydrogens is 860 g/mol. The first-order valence-electron chi connectivity index (χ1n) is 19.4. The lowest BCUT2D eigenvalue weighted by atomic mass is 9.98. The van der Waals surface area contributed by atoms with Crippen molar-refractivity contribution >= 4 is 23.0 Å². The van der Waals surface area contributed by atoms with Crippen molar-refractivity contribution in [3.05, 3.63) is 70.4 Å². The van der Waals surface area contributed by atoms with Crippen molar-refractivity contribution in [2.24, 2.45) is 0 Å². The van der Waals surface area contributed by atoms with Crippen LogP contribution < -0.4 is 14.9 Å². The maximum absolute atomic E-state index is 14.3. The van der Waals surface area contributed by atoms with E-state index in [1.54, 1.807) is 0 Å². The Morgan fingerprint density at radius 1 is 0.703 bits per heavy atom. The second-order valence-corrected chi connectivity index (χ2v) is 15.1. The SMILES string of the molecule is CC1OC(Oc2cc(O)c3c(=O)c(OC4OCC(O)C(O)C4OC4OC(COC(=O)C=Cc5ccc(O)c(O)c5)C(O)C(O)C4O)c(-c4ccc(O)c(O)c4)oc3c2)C(O)C(O)C1O. The Morgan fingerprint density at radius 3 is 2.08 bits per heavy atom. The van der Waals surface area contributed by atoms with Crippen LogP contribution in [0.3, 0.4) is 0 Å². The molecule has 0 radical (unpaired) electrons. The number of aliphatic hydroxyl groups excluding tert-OH is 8. The first kappa shape index (κ1) is 46.2. The first-order chi connectivity index (χ1) is 30.3. The van der Waals surface area contributed by atoms with Crippen LogP contribution in [0.4, 0.5) is 0 Å². The number of aliphatic hydroxyl groups is 8. The number of ether oxygens (including phenoxy) is 7. The smallest absolute Gasteiger partial charge is 0.330 e. The molecule has 1 aromatic heterocycles.